The number of halogens is 1. The van der Waals surface area contributed by atoms with Gasteiger partial charge in [0.15, 0.2) is 0 Å². The van der Waals surface area contributed by atoms with E-state index in [0.717, 1.165) is 57.5 Å². The Hall–Kier alpha value is -1.30. The quantitative estimate of drug-likeness (QED) is 0.821. The molecule has 1 aliphatic heterocycles. The zero-order chi connectivity index (χ0) is 17.8. The van der Waals surface area contributed by atoms with Gasteiger partial charge in [-0.2, -0.15) is 0 Å². The Morgan fingerprint density at radius 1 is 1.12 bits per heavy atom. The first-order valence-corrected chi connectivity index (χ1v) is 9.38. The first-order chi connectivity index (χ1) is 12.1. The van der Waals surface area contributed by atoms with Crippen LogP contribution in [0.1, 0.15) is 50.5 Å². The maximum absolute atomic E-state index is 12.7. The Kier molecular flexibility index (Phi) is 7.33. The number of hydrogen-bond acceptors (Lipinski definition) is 4. The molecule has 1 saturated heterocycles. The topological polar surface area (TPSA) is 73.6 Å². The van der Waals surface area contributed by atoms with E-state index in [-0.39, 0.29) is 23.7 Å². The summed E-state index contributed by atoms with van der Waals surface area (Å²) in [6, 6.07) is 8.18. The molecule has 1 aromatic carbocycles. The number of hydrogen-bond donors (Lipinski definition) is 2. The Labute approximate surface area is 162 Å². The molecule has 0 atom stereocenters. The predicted octanol–water partition coefficient (Wildman–Crippen LogP) is 2.94. The number of carbonyl (C=O) groups excluding carboxylic acids is 1. The van der Waals surface area contributed by atoms with Gasteiger partial charge in [-0.05, 0) is 43.4 Å². The van der Waals surface area contributed by atoms with E-state index in [4.69, 9.17) is 15.2 Å². The minimum Gasteiger partial charge on any atom is -0.497 e. The van der Waals surface area contributed by atoms with Crippen molar-refractivity contribution in [2.45, 2.75) is 55.9 Å². The van der Waals surface area contributed by atoms with Crippen molar-refractivity contribution in [3.8, 4) is 5.75 Å². The van der Waals surface area contributed by atoms with E-state index in [1.165, 1.54) is 12.0 Å². The summed E-state index contributed by atoms with van der Waals surface area (Å²) in [5.41, 5.74) is 6.83. The van der Waals surface area contributed by atoms with Gasteiger partial charge in [-0.3, -0.25) is 4.79 Å². The van der Waals surface area contributed by atoms with Crippen LogP contribution < -0.4 is 15.8 Å². The first-order valence-electron chi connectivity index (χ1n) is 9.38. The number of nitrogens with two attached hydrogens (primary N) is 1. The van der Waals surface area contributed by atoms with Crippen LogP contribution in [0, 0.1) is 0 Å². The second kappa shape index (κ2) is 9.07. The van der Waals surface area contributed by atoms with Gasteiger partial charge in [-0.1, -0.05) is 31.4 Å². The molecule has 1 aliphatic carbocycles. The van der Waals surface area contributed by atoms with Crippen LogP contribution in [0.3, 0.4) is 0 Å². The molecule has 3 N–H and O–H groups in total. The molecule has 3 rings (SSSR count). The lowest BCUT2D eigenvalue weighted by atomic mass is 9.73. The lowest BCUT2D eigenvalue weighted by Crippen LogP contribution is -2.57. The van der Waals surface area contributed by atoms with Crippen LogP contribution >= 0.6 is 12.4 Å². The molecule has 2 aliphatic rings. The number of methoxy groups -OCH3 is 1. The second-order valence-corrected chi connectivity index (χ2v) is 7.52. The molecule has 1 aromatic rings. The van der Waals surface area contributed by atoms with Crippen molar-refractivity contribution in [3.05, 3.63) is 29.8 Å². The fraction of sp³-hybridized carbons (Fsp3) is 0.650. The highest BCUT2D eigenvalue weighted by Crippen LogP contribution is 2.35. The van der Waals surface area contributed by atoms with Crippen molar-refractivity contribution in [3.63, 3.8) is 0 Å². The molecule has 0 spiro atoms. The number of carbonyl (C=O) groups is 1. The lowest BCUT2D eigenvalue weighted by Gasteiger charge is -2.39. The molecule has 0 bridgehead atoms. The van der Waals surface area contributed by atoms with Gasteiger partial charge < -0.3 is 20.5 Å². The number of rotatable bonds is 5. The van der Waals surface area contributed by atoms with Crippen LogP contribution in [-0.4, -0.2) is 38.3 Å². The van der Waals surface area contributed by atoms with Crippen molar-refractivity contribution in [1.29, 1.82) is 0 Å². The number of amides is 1. The highest BCUT2D eigenvalue weighted by Gasteiger charge is 2.39. The molecule has 6 heteroatoms. The smallest absolute Gasteiger partial charge is 0.240 e. The lowest BCUT2D eigenvalue weighted by molar-refractivity contribution is -0.128. The van der Waals surface area contributed by atoms with Gasteiger partial charge in [0, 0.05) is 25.2 Å². The summed E-state index contributed by atoms with van der Waals surface area (Å²) in [5.74, 6) is 0.852. The monoisotopic (exact) mass is 382 g/mol. The van der Waals surface area contributed by atoms with Crippen LogP contribution in [-0.2, 0) is 14.9 Å². The maximum atomic E-state index is 12.7. The Bertz CT molecular complexity index is 579. The summed E-state index contributed by atoms with van der Waals surface area (Å²) in [7, 11) is 1.67. The van der Waals surface area contributed by atoms with Crippen LogP contribution in [0.25, 0.3) is 0 Å². The zero-order valence-corrected chi connectivity index (χ0v) is 16.4. The van der Waals surface area contributed by atoms with Crippen molar-refractivity contribution in [2.24, 2.45) is 5.73 Å². The van der Waals surface area contributed by atoms with Gasteiger partial charge in [0.2, 0.25) is 5.91 Å². The second-order valence-electron chi connectivity index (χ2n) is 7.52. The normalized spacial score (nSPS) is 21.3. The number of benzene rings is 1. The molecule has 0 radical (unpaired) electrons. The first kappa shape index (κ1) is 21.0. The third kappa shape index (κ3) is 4.51. The molecule has 1 heterocycles. The summed E-state index contributed by atoms with van der Waals surface area (Å²) in [5, 5.41) is 3.18. The largest absolute Gasteiger partial charge is 0.497 e. The molecule has 0 aromatic heterocycles. The molecule has 2 fully saturated rings. The van der Waals surface area contributed by atoms with Gasteiger partial charge in [-0.15, -0.1) is 12.4 Å². The van der Waals surface area contributed by atoms with Crippen molar-refractivity contribution in [2.75, 3.05) is 26.9 Å². The molecule has 146 valence electrons. The van der Waals surface area contributed by atoms with Gasteiger partial charge >= 0.3 is 0 Å². The minimum absolute atomic E-state index is 0. The fourth-order valence-electron chi connectivity index (χ4n) is 4.11. The summed E-state index contributed by atoms with van der Waals surface area (Å²) in [4.78, 5) is 12.7. The highest BCUT2D eigenvalue weighted by atomic mass is 35.5. The van der Waals surface area contributed by atoms with Gasteiger partial charge in [0.05, 0.1) is 12.6 Å². The number of nitrogens with one attached hydrogen (secondary N) is 1. The summed E-state index contributed by atoms with van der Waals surface area (Å²) >= 11 is 0. The van der Waals surface area contributed by atoms with Crippen molar-refractivity contribution < 1.29 is 14.3 Å². The van der Waals surface area contributed by atoms with Crippen LogP contribution in [0.4, 0.5) is 0 Å². The van der Waals surface area contributed by atoms with E-state index in [1.54, 1.807) is 7.11 Å². The van der Waals surface area contributed by atoms with E-state index in [1.807, 2.05) is 12.1 Å². The fourth-order valence-corrected chi connectivity index (χ4v) is 4.11. The van der Waals surface area contributed by atoms with Gasteiger partial charge in [-0.25, -0.2) is 0 Å². The van der Waals surface area contributed by atoms with E-state index in [2.05, 4.69) is 17.4 Å². The van der Waals surface area contributed by atoms with Crippen molar-refractivity contribution >= 4 is 18.3 Å². The molecule has 1 amide bonds. The standard InChI is InChI=1S/C20H30N2O3.ClH/c1-24-17-7-5-16(6-8-17)19(11-13-25-14-12-19)15-22-18(23)20(21)9-3-2-4-10-20;/h5-8H,2-4,9-15,21H2,1H3,(H,22,23);1H. The maximum Gasteiger partial charge on any atom is 0.240 e. The van der Waals surface area contributed by atoms with Gasteiger partial charge in [0.1, 0.15) is 5.75 Å². The molecular weight excluding hydrogens is 352 g/mol. The van der Waals surface area contributed by atoms with E-state index in [0.29, 0.717) is 6.54 Å². The molecule has 0 unspecified atom stereocenters. The van der Waals surface area contributed by atoms with Gasteiger partial charge in [0.25, 0.3) is 0 Å². The average molecular weight is 383 g/mol. The SMILES string of the molecule is COc1ccc(C2(CNC(=O)C3(N)CCCCC3)CCOCC2)cc1.Cl. The van der Waals surface area contributed by atoms with E-state index in [9.17, 15) is 4.79 Å². The minimum atomic E-state index is -0.690. The molecule has 1 saturated carbocycles. The van der Waals surface area contributed by atoms with Crippen LogP contribution in [0.2, 0.25) is 0 Å². The Morgan fingerprint density at radius 2 is 1.73 bits per heavy atom. The van der Waals surface area contributed by atoms with E-state index >= 15 is 0 Å². The third-order valence-electron chi connectivity index (χ3n) is 5.94. The summed E-state index contributed by atoms with van der Waals surface area (Å²) < 4.78 is 10.8. The summed E-state index contributed by atoms with van der Waals surface area (Å²) in [6.45, 7) is 2.05. The van der Waals surface area contributed by atoms with Crippen molar-refractivity contribution in [1.82, 2.24) is 5.32 Å². The molecule has 5 nitrogen and oxygen atoms in total. The Morgan fingerprint density at radius 3 is 2.31 bits per heavy atom. The highest BCUT2D eigenvalue weighted by molar-refractivity contribution is 5.86. The van der Waals surface area contributed by atoms with Crippen LogP contribution in [0.15, 0.2) is 24.3 Å². The molecule has 26 heavy (non-hydrogen) atoms. The molecular formula is C20H31ClN2O3. The predicted molar refractivity (Wildman–Crippen MR) is 105 cm³/mol. The zero-order valence-electron chi connectivity index (χ0n) is 15.6. The summed E-state index contributed by atoms with van der Waals surface area (Å²) in [6.07, 6.45) is 6.64. The third-order valence-corrected chi connectivity index (χ3v) is 5.94. The van der Waals surface area contributed by atoms with Crippen LogP contribution in [0.5, 0.6) is 5.75 Å². The Balaban J connectivity index is 0.00000243. The number of ether oxygens (including phenoxy) is 2. The van der Waals surface area contributed by atoms with E-state index < -0.39 is 5.54 Å². The average Bonchev–Trinajstić information content (AvgIpc) is 2.67.